The lowest BCUT2D eigenvalue weighted by Crippen LogP contribution is -2.27. The van der Waals surface area contributed by atoms with Crippen molar-refractivity contribution in [1.29, 1.82) is 0 Å². The Balaban J connectivity index is 2.11. The van der Waals surface area contributed by atoms with Crippen molar-refractivity contribution in [3.8, 4) is 0 Å². The van der Waals surface area contributed by atoms with Crippen molar-refractivity contribution in [2.75, 3.05) is 10.7 Å². The maximum absolute atomic E-state index is 11.7. The number of carbonyl (C=O) groups is 1. The highest BCUT2D eigenvalue weighted by Crippen LogP contribution is 2.07. The molecule has 21 heavy (non-hydrogen) atoms. The molecular weight excluding hydrogens is 282 g/mol. The Labute approximate surface area is 128 Å². The van der Waals surface area contributed by atoms with Gasteiger partial charge in [-0.1, -0.05) is 48.6 Å². The predicted molar refractivity (Wildman–Crippen MR) is 90.8 cm³/mol. The van der Waals surface area contributed by atoms with Gasteiger partial charge in [0, 0.05) is 12.6 Å². The Bertz CT molecular complexity index is 654. The molecule has 0 radical (unpaired) electrons. The Hall–Kier alpha value is -2.53. The minimum absolute atomic E-state index is 0.192. The number of Topliss-reactive ketones (excluding diaryl/α,β-unsaturated/α-hetero) is 1. The third kappa shape index (κ3) is 4.50. The molecule has 0 fully saturated rings. The average molecular weight is 297 g/mol. The monoisotopic (exact) mass is 297 g/mol. The highest BCUT2D eigenvalue weighted by Gasteiger charge is 2.13. The maximum Gasteiger partial charge on any atom is 0.182 e. The highest BCUT2D eigenvalue weighted by atomic mass is 32.1. The third-order valence-electron chi connectivity index (χ3n) is 2.65. The van der Waals surface area contributed by atoms with Crippen molar-refractivity contribution >= 4 is 40.1 Å². The van der Waals surface area contributed by atoms with Crippen molar-refractivity contribution in [3.63, 3.8) is 0 Å². The van der Waals surface area contributed by atoms with Gasteiger partial charge in [-0.15, -0.1) is 0 Å². The number of para-hydroxylation sites is 2. The first-order valence-electron chi connectivity index (χ1n) is 6.43. The summed E-state index contributed by atoms with van der Waals surface area (Å²) in [5, 5.41) is 7.10. The zero-order chi connectivity index (χ0) is 15.1. The summed E-state index contributed by atoms with van der Waals surface area (Å²) in [5.41, 5.74) is 4.63. The Morgan fingerprint density at radius 3 is 2.00 bits per heavy atom. The summed E-state index contributed by atoms with van der Waals surface area (Å²) in [4.78, 5) is 12.0. The van der Waals surface area contributed by atoms with Crippen LogP contribution in [0, 0.1) is 0 Å². The van der Waals surface area contributed by atoms with Crippen molar-refractivity contribution < 1.29 is 4.79 Å². The molecule has 0 aliphatic heterocycles. The van der Waals surface area contributed by atoms with Crippen molar-refractivity contribution in [2.24, 2.45) is 5.10 Å². The van der Waals surface area contributed by atoms with E-state index in [4.69, 9.17) is 12.2 Å². The van der Waals surface area contributed by atoms with E-state index < -0.39 is 0 Å². The van der Waals surface area contributed by atoms with Gasteiger partial charge < -0.3 is 5.32 Å². The predicted octanol–water partition coefficient (Wildman–Crippen LogP) is 3.48. The fourth-order valence-electron chi connectivity index (χ4n) is 1.63. The van der Waals surface area contributed by atoms with Crippen molar-refractivity contribution in [2.45, 2.75) is 6.92 Å². The van der Waals surface area contributed by atoms with E-state index in [9.17, 15) is 4.79 Å². The van der Waals surface area contributed by atoms with Crippen LogP contribution in [0.5, 0.6) is 0 Å². The molecule has 0 aliphatic rings. The second kappa shape index (κ2) is 7.31. The number of hydrogen-bond acceptors (Lipinski definition) is 4. The van der Waals surface area contributed by atoms with Crippen LogP contribution in [0.1, 0.15) is 6.92 Å². The number of benzene rings is 2. The Kier molecular flexibility index (Phi) is 5.17. The number of anilines is 2. The van der Waals surface area contributed by atoms with Crippen LogP contribution in [0.3, 0.4) is 0 Å². The van der Waals surface area contributed by atoms with E-state index in [1.807, 2.05) is 60.7 Å². The minimum atomic E-state index is -0.202. The van der Waals surface area contributed by atoms with Crippen LogP contribution in [-0.2, 0) is 4.79 Å². The van der Waals surface area contributed by atoms with Crippen LogP contribution < -0.4 is 10.7 Å². The number of nitrogens with one attached hydrogen (secondary N) is 2. The quantitative estimate of drug-likeness (QED) is 0.504. The van der Waals surface area contributed by atoms with Gasteiger partial charge in [0.1, 0.15) is 4.99 Å². The van der Waals surface area contributed by atoms with Gasteiger partial charge in [-0.05, 0) is 24.3 Å². The lowest BCUT2D eigenvalue weighted by molar-refractivity contribution is -0.110. The molecular formula is C16H15N3OS. The SMILES string of the molecule is CC(=O)C(=NNc1ccccc1)C(=S)Nc1ccccc1. The molecule has 0 amide bonds. The number of ketones is 1. The van der Waals surface area contributed by atoms with Crippen LogP contribution in [-0.4, -0.2) is 16.5 Å². The van der Waals surface area contributed by atoms with Crippen LogP contribution in [0.4, 0.5) is 11.4 Å². The Morgan fingerprint density at radius 1 is 0.952 bits per heavy atom. The van der Waals surface area contributed by atoms with Gasteiger partial charge in [-0.3, -0.25) is 10.2 Å². The molecule has 2 N–H and O–H groups in total. The van der Waals surface area contributed by atoms with Gasteiger partial charge in [-0.25, -0.2) is 0 Å². The van der Waals surface area contributed by atoms with Crippen LogP contribution in [0.2, 0.25) is 0 Å². The largest absolute Gasteiger partial charge is 0.345 e. The minimum Gasteiger partial charge on any atom is -0.345 e. The molecule has 106 valence electrons. The summed E-state index contributed by atoms with van der Waals surface area (Å²) < 4.78 is 0. The molecule has 5 heteroatoms. The molecule has 0 bridgehead atoms. The van der Waals surface area contributed by atoms with Crippen LogP contribution in [0.25, 0.3) is 0 Å². The van der Waals surface area contributed by atoms with E-state index in [1.54, 1.807) is 0 Å². The fraction of sp³-hybridized carbons (Fsp3) is 0.0625. The molecule has 0 unspecified atom stereocenters. The van der Waals surface area contributed by atoms with Gasteiger partial charge in [0.15, 0.2) is 11.5 Å². The molecule has 0 saturated heterocycles. The van der Waals surface area contributed by atoms with Crippen LogP contribution >= 0.6 is 12.2 Å². The van der Waals surface area contributed by atoms with E-state index in [0.29, 0.717) is 0 Å². The maximum atomic E-state index is 11.7. The summed E-state index contributed by atoms with van der Waals surface area (Å²) >= 11 is 5.25. The zero-order valence-electron chi connectivity index (χ0n) is 11.5. The Morgan fingerprint density at radius 2 is 1.48 bits per heavy atom. The first kappa shape index (κ1) is 14.9. The first-order chi connectivity index (χ1) is 10.2. The summed E-state index contributed by atoms with van der Waals surface area (Å²) in [5.74, 6) is -0.202. The average Bonchev–Trinajstić information content (AvgIpc) is 2.49. The fourth-order valence-corrected chi connectivity index (χ4v) is 1.94. The molecule has 0 saturated carbocycles. The molecule has 4 nitrogen and oxygen atoms in total. The highest BCUT2D eigenvalue weighted by molar-refractivity contribution is 7.82. The second-order valence-corrected chi connectivity index (χ2v) is 4.72. The topological polar surface area (TPSA) is 53.5 Å². The number of hydrazone groups is 1. The normalized spacial score (nSPS) is 10.8. The number of hydrogen-bond donors (Lipinski definition) is 2. The number of rotatable bonds is 5. The first-order valence-corrected chi connectivity index (χ1v) is 6.84. The third-order valence-corrected chi connectivity index (χ3v) is 2.95. The van der Waals surface area contributed by atoms with Gasteiger partial charge >= 0.3 is 0 Å². The van der Waals surface area contributed by atoms with E-state index >= 15 is 0 Å². The number of carbonyl (C=O) groups excluding carboxylic acids is 1. The van der Waals surface area contributed by atoms with E-state index in [2.05, 4.69) is 15.8 Å². The van der Waals surface area contributed by atoms with Gasteiger partial charge in [0.05, 0.1) is 5.69 Å². The van der Waals surface area contributed by atoms with Gasteiger partial charge in [-0.2, -0.15) is 5.10 Å². The van der Waals surface area contributed by atoms with Crippen molar-refractivity contribution in [3.05, 3.63) is 60.7 Å². The van der Waals surface area contributed by atoms with Gasteiger partial charge in [0.2, 0.25) is 0 Å². The molecule has 2 aromatic rings. The standard InChI is InChI=1S/C16H15N3OS/c1-12(20)15(19-18-14-10-6-3-7-11-14)16(21)17-13-8-4-2-5-9-13/h2-11,18H,1H3,(H,17,21). The summed E-state index contributed by atoms with van der Waals surface area (Å²) in [6.45, 7) is 1.44. The summed E-state index contributed by atoms with van der Waals surface area (Å²) in [7, 11) is 0. The zero-order valence-corrected chi connectivity index (χ0v) is 12.4. The van der Waals surface area contributed by atoms with E-state index in [0.717, 1.165) is 11.4 Å². The second-order valence-electron chi connectivity index (χ2n) is 4.31. The van der Waals surface area contributed by atoms with Crippen LogP contribution in [0.15, 0.2) is 65.8 Å². The molecule has 0 aliphatic carbocycles. The van der Waals surface area contributed by atoms with Crippen molar-refractivity contribution in [1.82, 2.24) is 0 Å². The molecule has 2 rings (SSSR count). The van der Waals surface area contributed by atoms with E-state index in [-0.39, 0.29) is 16.5 Å². The summed E-state index contributed by atoms with van der Waals surface area (Å²) in [6, 6.07) is 18.8. The molecule has 2 aromatic carbocycles. The number of nitrogens with zero attached hydrogens (tertiary/aromatic N) is 1. The lowest BCUT2D eigenvalue weighted by Gasteiger charge is -2.09. The lowest BCUT2D eigenvalue weighted by atomic mass is 10.2. The molecule has 0 aromatic heterocycles. The summed E-state index contributed by atoms with van der Waals surface area (Å²) in [6.07, 6.45) is 0. The van der Waals surface area contributed by atoms with Gasteiger partial charge in [0.25, 0.3) is 0 Å². The molecule has 0 atom stereocenters. The number of thiocarbonyl (C=S) groups is 1. The van der Waals surface area contributed by atoms with E-state index in [1.165, 1.54) is 6.92 Å². The smallest absolute Gasteiger partial charge is 0.182 e. The molecule has 0 heterocycles. The molecule has 0 spiro atoms.